The number of piperazine rings is 1. The number of nitrogens with zero attached hydrogens (tertiary/aromatic N) is 2. The van der Waals surface area contributed by atoms with Crippen molar-refractivity contribution in [2.45, 2.75) is 19.4 Å². The first-order valence-electron chi connectivity index (χ1n) is 7.30. The number of anilines is 1. The van der Waals surface area contributed by atoms with Crippen molar-refractivity contribution in [1.29, 1.82) is 0 Å². The van der Waals surface area contributed by atoms with Gasteiger partial charge < -0.3 is 15.3 Å². The van der Waals surface area contributed by atoms with Crippen LogP contribution in [0, 0.1) is 0 Å². The van der Waals surface area contributed by atoms with E-state index in [2.05, 4.69) is 10.2 Å². The molecule has 1 unspecified atom stereocenters. The molecule has 1 aromatic carbocycles. The smallest absolute Gasteiger partial charge is 0.321 e. The quantitative estimate of drug-likeness (QED) is 0.895. The summed E-state index contributed by atoms with van der Waals surface area (Å²) >= 11 is 0. The molecule has 1 aliphatic rings. The van der Waals surface area contributed by atoms with Gasteiger partial charge in [-0.2, -0.15) is 0 Å². The number of β-amino-alcohol motifs (C(OH)–C–C–N with tert-alkyl or cyclic N) is 1. The summed E-state index contributed by atoms with van der Waals surface area (Å²) in [4.78, 5) is 16.0. The number of amides is 2. The third kappa shape index (κ3) is 4.14. The number of rotatable bonds is 4. The largest absolute Gasteiger partial charge is 0.395 e. The fourth-order valence-electron chi connectivity index (χ4n) is 2.55. The van der Waals surface area contributed by atoms with Crippen molar-refractivity contribution in [3.05, 3.63) is 29.8 Å². The zero-order valence-electron chi connectivity index (χ0n) is 12.5. The van der Waals surface area contributed by atoms with Crippen molar-refractivity contribution in [3.63, 3.8) is 0 Å². The lowest BCUT2D eigenvalue weighted by atomic mass is 10.2. The molecule has 2 rings (SSSR count). The van der Waals surface area contributed by atoms with E-state index in [4.69, 9.17) is 5.11 Å². The molecule has 1 fully saturated rings. The number of halogens is 2. The molecule has 0 aliphatic carbocycles. The molecule has 22 heavy (non-hydrogen) atoms. The van der Waals surface area contributed by atoms with Gasteiger partial charge in [-0.05, 0) is 19.1 Å². The van der Waals surface area contributed by atoms with Gasteiger partial charge in [0.05, 0.1) is 6.61 Å². The minimum absolute atomic E-state index is 0.0655. The number of benzene rings is 1. The molecule has 0 spiro atoms. The van der Waals surface area contributed by atoms with Gasteiger partial charge in [0.1, 0.15) is 0 Å². The number of urea groups is 1. The molecule has 7 heteroatoms. The van der Waals surface area contributed by atoms with Crippen LogP contribution in [0.4, 0.5) is 19.3 Å². The second kappa shape index (κ2) is 7.51. The fraction of sp³-hybridized carbons (Fsp3) is 0.533. The average Bonchev–Trinajstić information content (AvgIpc) is 2.50. The van der Waals surface area contributed by atoms with Crippen molar-refractivity contribution in [2.24, 2.45) is 0 Å². The number of aliphatic hydroxyl groups is 1. The number of nitrogens with one attached hydrogen (secondary N) is 1. The van der Waals surface area contributed by atoms with E-state index in [1.165, 1.54) is 24.3 Å². The third-order valence-corrected chi connectivity index (χ3v) is 3.85. The fourth-order valence-corrected chi connectivity index (χ4v) is 2.55. The van der Waals surface area contributed by atoms with Crippen LogP contribution in [-0.2, 0) is 0 Å². The average molecular weight is 313 g/mol. The van der Waals surface area contributed by atoms with Gasteiger partial charge in [0, 0.05) is 43.5 Å². The first-order valence-corrected chi connectivity index (χ1v) is 7.30. The van der Waals surface area contributed by atoms with E-state index in [0.29, 0.717) is 31.9 Å². The summed E-state index contributed by atoms with van der Waals surface area (Å²) in [6.45, 7) is 4.57. The summed E-state index contributed by atoms with van der Waals surface area (Å²) in [7, 11) is 0. The second-order valence-corrected chi connectivity index (χ2v) is 5.41. The van der Waals surface area contributed by atoms with E-state index in [0.717, 1.165) is 0 Å². The van der Waals surface area contributed by atoms with Crippen LogP contribution < -0.4 is 5.32 Å². The van der Waals surface area contributed by atoms with Gasteiger partial charge in [0.2, 0.25) is 0 Å². The third-order valence-electron chi connectivity index (χ3n) is 3.85. The van der Waals surface area contributed by atoms with Crippen LogP contribution in [0.5, 0.6) is 0 Å². The summed E-state index contributed by atoms with van der Waals surface area (Å²) in [6, 6.07) is 5.51. The zero-order chi connectivity index (χ0) is 16.1. The van der Waals surface area contributed by atoms with E-state index in [1.54, 1.807) is 4.90 Å². The SMILES string of the molecule is CC1CN(C(=O)Nc2ccc(C(F)F)cc2)CCN1CCO. The maximum Gasteiger partial charge on any atom is 0.321 e. The number of aliphatic hydroxyl groups excluding tert-OH is 1. The lowest BCUT2D eigenvalue weighted by Crippen LogP contribution is -2.55. The predicted octanol–water partition coefficient (Wildman–Crippen LogP) is 2.15. The maximum atomic E-state index is 12.5. The molecule has 0 saturated carbocycles. The Kier molecular flexibility index (Phi) is 5.68. The van der Waals surface area contributed by atoms with Gasteiger partial charge in [0.25, 0.3) is 6.43 Å². The van der Waals surface area contributed by atoms with Crippen LogP contribution in [0.2, 0.25) is 0 Å². The van der Waals surface area contributed by atoms with E-state index in [1.807, 2.05) is 6.92 Å². The maximum absolute atomic E-state index is 12.5. The predicted molar refractivity (Wildman–Crippen MR) is 80.1 cm³/mol. The summed E-state index contributed by atoms with van der Waals surface area (Å²) < 4.78 is 25.0. The minimum Gasteiger partial charge on any atom is -0.395 e. The number of hydrogen-bond acceptors (Lipinski definition) is 3. The monoisotopic (exact) mass is 313 g/mol. The second-order valence-electron chi connectivity index (χ2n) is 5.41. The van der Waals surface area contributed by atoms with Crippen molar-refractivity contribution in [1.82, 2.24) is 9.80 Å². The molecule has 0 radical (unpaired) electrons. The highest BCUT2D eigenvalue weighted by molar-refractivity contribution is 5.89. The van der Waals surface area contributed by atoms with E-state index < -0.39 is 6.43 Å². The molecular formula is C15H21F2N3O2. The summed E-state index contributed by atoms with van der Waals surface area (Å²) in [5.41, 5.74) is 0.434. The zero-order valence-corrected chi connectivity index (χ0v) is 12.5. The molecule has 1 saturated heterocycles. The minimum atomic E-state index is -2.51. The Bertz CT molecular complexity index is 496. The van der Waals surface area contributed by atoms with Gasteiger partial charge in [-0.15, -0.1) is 0 Å². The molecule has 122 valence electrons. The number of carbonyl (C=O) groups excluding carboxylic acids is 1. The molecule has 1 aromatic rings. The summed E-state index contributed by atoms with van der Waals surface area (Å²) in [5.74, 6) is 0. The molecule has 5 nitrogen and oxygen atoms in total. The van der Waals surface area contributed by atoms with E-state index in [-0.39, 0.29) is 24.2 Å². The Labute approximate surface area is 128 Å². The topological polar surface area (TPSA) is 55.8 Å². The highest BCUT2D eigenvalue weighted by Gasteiger charge is 2.26. The van der Waals surface area contributed by atoms with Crippen molar-refractivity contribution in [3.8, 4) is 0 Å². The normalized spacial score (nSPS) is 19.5. The Balaban J connectivity index is 1.90. The summed E-state index contributed by atoms with van der Waals surface area (Å²) in [6.07, 6.45) is -2.51. The Morgan fingerprint density at radius 2 is 2.05 bits per heavy atom. The number of carbonyl (C=O) groups is 1. The van der Waals surface area contributed by atoms with Crippen LogP contribution >= 0.6 is 0 Å². The van der Waals surface area contributed by atoms with Crippen molar-refractivity contribution in [2.75, 3.05) is 38.1 Å². The Morgan fingerprint density at radius 1 is 1.36 bits per heavy atom. The lowest BCUT2D eigenvalue weighted by molar-refractivity contribution is 0.0862. The first kappa shape index (κ1) is 16.6. The van der Waals surface area contributed by atoms with E-state index in [9.17, 15) is 13.6 Å². The van der Waals surface area contributed by atoms with Gasteiger partial charge in [-0.25, -0.2) is 13.6 Å². The molecule has 0 bridgehead atoms. The van der Waals surface area contributed by atoms with Crippen LogP contribution in [0.1, 0.15) is 18.9 Å². The van der Waals surface area contributed by atoms with Crippen LogP contribution in [0.3, 0.4) is 0 Å². The van der Waals surface area contributed by atoms with Gasteiger partial charge in [0.15, 0.2) is 0 Å². The molecule has 0 aromatic heterocycles. The van der Waals surface area contributed by atoms with Gasteiger partial charge in [-0.3, -0.25) is 4.90 Å². The summed E-state index contributed by atoms with van der Waals surface area (Å²) in [5, 5.41) is 11.7. The highest BCUT2D eigenvalue weighted by atomic mass is 19.3. The number of alkyl halides is 2. The molecule has 2 N–H and O–H groups in total. The van der Waals surface area contributed by atoms with Gasteiger partial charge in [-0.1, -0.05) is 12.1 Å². The molecule has 1 aliphatic heterocycles. The highest BCUT2D eigenvalue weighted by Crippen LogP contribution is 2.20. The van der Waals surface area contributed by atoms with Crippen LogP contribution in [0.25, 0.3) is 0 Å². The molecule has 1 atom stereocenters. The van der Waals surface area contributed by atoms with Crippen molar-refractivity contribution < 1.29 is 18.7 Å². The molecule has 2 amide bonds. The van der Waals surface area contributed by atoms with Crippen LogP contribution in [-0.4, -0.2) is 59.8 Å². The number of hydrogen-bond donors (Lipinski definition) is 2. The van der Waals surface area contributed by atoms with Crippen molar-refractivity contribution >= 4 is 11.7 Å². The van der Waals surface area contributed by atoms with Gasteiger partial charge >= 0.3 is 6.03 Å². The van der Waals surface area contributed by atoms with Crippen LogP contribution in [0.15, 0.2) is 24.3 Å². The molecular weight excluding hydrogens is 292 g/mol. The first-order chi connectivity index (χ1) is 10.5. The molecule has 1 heterocycles. The Morgan fingerprint density at radius 3 is 2.59 bits per heavy atom. The lowest BCUT2D eigenvalue weighted by Gasteiger charge is -2.39. The standard InChI is InChI=1S/C15H21F2N3O2/c1-11-10-20(7-6-19(11)8-9-21)15(22)18-13-4-2-12(3-5-13)14(16)17/h2-5,11,14,21H,6-10H2,1H3,(H,18,22). The Hall–Kier alpha value is -1.73. The van der Waals surface area contributed by atoms with E-state index >= 15 is 0 Å².